The third kappa shape index (κ3) is 4.85. The maximum atomic E-state index is 6.03. The van der Waals surface area contributed by atoms with Gasteiger partial charge in [0, 0.05) is 28.8 Å². The van der Waals surface area contributed by atoms with Crippen molar-refractivity contribution in [2.45, 2.75) is 19.3 Å². The van der Waals surface area contributed by atoms with Crippen molar-refractivity contribution in [3.8, 4) is 0 Å². The van der Waals surface area contributed by atoms with Crippen molar-refractivity contribution in [1.82, 2.24) is 4.90 Å². The average Bonchev–Trinajstić information content (AvgIpc) is 2.55. The summed E-state index contributed by atoms with van der Waals surface area (Å²) in [6.45, 7) is 1.97. The Morgan fingerprint density at radius 1 is 1.04 bits per heavy atom. The lowest BCUT2D eigenvalue weighted by Gasteiger charge is -2.34. The van der Waals surface area contributed by atoms with Crippen LogP contribution < -0.4 is 5.32 Å². The zero-order valence-electron chi connectivity index (χ0n) is 13.3. The van der Waals surface area contributed by atoms with Crippen LogP contribution in [0.15, 0.2) is 48.5 Å². The lowest BCUT2D eigenvalue weighted by Crippen LogP contribution is -2.41. The van der Waals surface area contributed by atoms with Gasteiger partial charge < -0.3 is 10.2 Å². The van der Waals surface area contributed by atoms with Crippen LogP contribution in [-0.4, -0.2) is 23.1 Å². The molecule has 24 heavy (non-hydrogen) atoms. The number of thiocarbonyl (C=S) groups is 1. The highest BCUT2D eigenvalue weighted by molar-refractivity contribution is 7.80. The van der Waals surface area contributed by atoms with Crippen LogP contribution >= 0.6 is 35.4 Å². The molecule has 3 rings (SSSR count). The maximum absolute atomic E-state index is 6.03. The van der Waals surface area contributed by atoms with Gasteiger partial charge >= 0.3 is 0 Å². The predicted octanol–water partition coefficient (Wildman–Crippen LogP) is 5.64. The average molecular weight is 379 g/mol. The molecule has 0 aliphatic carbocycles. The number of hydrogen-bond donors (Lipinski definition) is 1. The Kier molecular flexibility index (Phi) is 5.99. The van der Waals surface area contributed by atoms with Gasteiger partial charge in [0.25, 0.3) is 0 Å². The summed E-state index contributed by atoms with van der Waals surface area (Å²) in [5, 5.41) is 5.20. The summed E-state index contributed by atoms with van der Waals surface area (Å²) in [7, 11) is 0. The number of nitrogens with one attached hydrogen (secondary N) is 1. The van der Waals surface area contributed by atoms with E-state index in [1.54, 1.807) is 6.07 Å². The minimum absolute atomic E-state index is 0.606. The molecule has 1 fully saturated rings. The van der Waals surface area contributed by atoms with Crippen molar-refractivity contribution in [3.63, 3.8) is 0 Å². The molecule has 1 aliphatic heterocycles. The Labute approximate surface area is 158 Å². The van der Waals surface area contributed by atoms with Gasteiger partial charge in [-0.2, -0.15) is 0 Å². The summed E-state index contributed by atoms with van der Waals surface area (Å²) >= 11 is 17.6. The summed E-state index contributed by atoms with van der Waals surface area (Å²) in [6, 6.07) is 16.1. The minimum atomic E-state index is 0.606. The quantitative estimate of drug-likeness (QED) is 0.695. The lowest BCUT2D eigenvalue weighted by molar-refractivity contribution is 0.268. The van der Waals surface area contributed by atoms with Crippen molar-refractivity contribution in [1.29, 1.82) is 0 Å². The molecule has 1 aliphatic rings. The predicted molar refractivity (Wildman–Crippen MR) is 107 cm³/mol. The molecule has 0 aromatic heterocycles. The molecule has 1 saturated heterocycles. The zero-order valence-corrected chi connectivity index (χ0v) is 15.7. The van der Waals surface area contributed by atoms with E-state index in [4.69, 9.17) is 35.4 Å². The molecule has 1 N–H and O–H groups in total. The van der Waals surface area contributed by atoms with E-state index in [1.165, 1.54) is 5.56 Å². The molecule has 0 atom stereocenters. The molecule has 2 aromatic carbocycles. The molecule has 2 aromatic rings. The monoisotopic (exact) mass is 378 g/mol. The van der Waals surface area contributed by atoms with Crippen molar-refractivity contribution in [3.05, 3.63) is 64.1 Å². The van der Waals surface area contributed by atoms with E-state index in [0.29, 0.717) is 10.0 Å². The number of hydrogen-bond acceptors (Lipinski definition) is 1. The van der Waals surface area contributed by atoms with E-state index in [0.717, 1.165) is 49.1 Å². The lowest BCUT2D eigenvalue weighted by atomic mass is 9.90. The minimum Gasteiger partial charge on any atom is -0.349 e. The van der Waals surface area contributed by atoms with Crippen molar-refractivity contribution in [2.75, 3.05) is 18.4 Å². The normalized spacial score (nSPS) is 15.3. The van der Waals surface area contributed by atoms with Crippen LogP contribution in [-0.2, 0) is 6.42 Å². The highest BCUT2D eigenvalue weighted by Gasteiger charge is 2.21. The zero-order chi connectivity index (χ0) is 16.9. The Morgan fingerprint density at radius 2 is 1.67 bits per heavy atom. The molecular weight excluding hydrogens is 359 g/mol. The number of nitrogens with zero attached hydrogens (tertiary/aromatic N) is 1. The van der Waals surface area contributed by atoms with Crippen LogP contribution in [0.5, 0.6) is 0 Å². The van der Waals surface area contributed by atoms with Gasteiger partial charge in [-0.25, -0.2) is 0 Å². The van der Waals surface area contributed by atoms with Crippen LogP contribution in [0, 0.1) is 5.92 Å². The summed E-state index contributed by atoms with van der Waals surface area (Å²) in [5.41, 5.74) is 2.26. The second-order valence-corrected chi connectivity index (χ2v) is 7.47. The Bertz CT molecular complexity index is 678. The van der Waals surface area contributed by atoms with Gasteiger partial charge in [-0.05, 0) is 61.2 Å². The standard InChI is InChI=1S/C19H20Cl2N2S/c20-16-11-17(21)13-18(12-16)22-19(24)23-8-6-15(7-9-23)10-14-4-2-1-3-5-14/h1-5,11-13,15H,6-10H2,(H,22,24). The Balaban J connectivity index is 1.51. The van der Waals surface area contributed by atoms with Crippen LogP contribution in [0.25, 0.3) is 0 Å². The molecule has 2 nitrogen and oxygen atoms in total. The van der Waals surface area contributed by atoms with Crippen molar-refractivity contribution >= 4 is 46.2 Å². The molecule has 5 heteroatoms. The summed E-state index contributed by atoms with van der Waals surface area (Å²) in [4.78, 5) is 2.23. The van der Waals surface area contributed by atoms with Crippen LogP contribution in [0.2, 0.25) is 10.0 Å². The fourth-order valence-corrected chi connectivity index (χ4v) is 3.94. The first-order chi connectivity index (χ1) is 11.6. The van der Waals surface area contributed by atoms with E-state index < -0.39 is 0 Å². The van der Waals surface area contributed by atoms with E-state index >= 15 is 0 Å². The number of rotatable bonds is 3. The Hall–Kier alpha value is -1.29. The highest BCUT2D eigenvalue weighted by Crippen LogP contribution is 2.25. The topological polar surface area (TPSA) is 15.3 Å². The van der Waals surface area contributed by atoms with Crippen molar-refractivity contribution in [2.24, 2.45) is 5.92 Å². The van der Waals surface area contributed by atoms with Gasteiger partial charge in [0.05, 0.1) is 0 Å². The molecule has 0 amide bonds. The molecule has 1 heterocycles. The van der Waals surface area contributed by atoms with Crippen molar-refractivity contribution < 1.29 is 0 Å². The molecular formula is C19H20Cl2N2S. The first-order valence-electron chi connectivity index (χ1n) is 8.16. The molecule has 0 spiro atoms. The molecule has 0 radical (unpaired) electrons. The first kappa shape index (κ1) is 17.5. The Morgan fingerprint density at radius 3 is 2.29 bits per heavy atom. The third-order valence-corrected chi connectivity index (χ3v) is 5.18. The smallest absolute Gasteiger partial charge is 0.173 e. The van der Waals surface area contributed by atoms with Gasteiger partial charge in [0.2, 0.25) is 0 Å². The van der Waals surface area contributed by atoms with Crippen LogP contribution in [0.3, 0.4) is 0 Å². The van der Waals surface area contributed by atoms with Gasteiger partial charge in [-0.1, -0.05) is 53.5 Å². The van der Waals surface area contributed by atoms with E-state index in [-0.39, 0.29) is 0 Å². The van der Waals surface area contributed by atoms with Gasteiger partial charge in [-0.15, -0.1) is 0 Å². The van der Waals surface area contributed by atoms with Gasteiger partial charge in [0.1, 0.15) is 0 Å². The van der Waals surface area contributed by atoms with Crippen LogP contribution in [0.1, 0.15) is 18.4 Å². The summed E-state index contributed by atoms with van der Waals surface area (Å²) in [6.07, 6.45) is 3.47. The number of halogens is 2. The molecule has 0 bridgehead atoms. The number of benzene rings is 2. The number of piperidine rings is 1. The van der Waals surface area contributed by atoms with E-state index in [9.17, 15) is 0 Å². The largest absolute Gasteiger partial charge is 0.349 e. The third-order valence-electron chi connectivity index (χ3n) is 4.38. The molecule has 0 unspecified atom stereocenters. The van der Waals surface area contributed by atoms with Crippen LogP contribution in [0.4, 0.5) is 5.69 Å². The fraction of sp³-hybridized carbons (Fsp3) is 0.316. The first-order valence-corrected chi connectivity index (χ1v) is 9.32. The van der Waals surface area contributed by atoms with Gasteiger partial charge in [0.15, 0.2) is 5.11 Å². The molecule has 126 valence electrons. The highest BCUT2D eigenvalue weighted by atomic mass is 35.5. The number of anilines is 1. The van der Waals surface area contributed by atoms with Gasteiger partial charge in [-0.3, -0.25) is 0 Å². The second-order valence-electron chi connectivity index (χ2n) is 6.21. The summed E-state index contributed by atoms with van der Waals surface area (Å²) in [5.74, 6) is 0.729. The number of likely N-dealkylation sites (tertiary alicyclic amines) is 1. The van der Waals surface area contributed by atoms with E-state index in [2.05, 4.69) is 40.5 Å². The van der Waals surface area contributed by atoms with E-state index in [1.807, 2.05) is 12.1 Å². The summed E-state index contributed by atoms with van der Waals surface area (Å²) < 4.78 is 0. The maximum Gasteiger partial charge on any atom is 0.173 e. The second kappa shape index (κ2) is 8.19. The molecule has 0 saturated carbocycles. The SMILES string of the molecule is S=C(Nc1cc(Cl)cc(Cl)c1)N1CCC(Cc2ccccc2)CC1. The fourth-order valence-electron chi connectivity index (χ4n) is 3.12.